The summed E-state index contributed by atoms with van der Waals surface area (Å²) in [5.74, 6) is -0.0774. The predicted molar refractivity (Wildman–Crippen MR) is 94.2 cm³/mol. The monoisotopic (exact) mass is 388 g/mol. The molecule has 0 aliphatic carbocycles. The van der Waals surface area contributed by atoms with E-state index in [0.29, 0.717) is 5.56 Å². The minimum absolute atomic E-state index is 0. The van der Waals surface area contributed by atoms with Gasteiger partial charge in [0.1, 0.15) is 5.75 Å². The standard InChI is InChI=1S/C16H23F3N2O.2ClH/c1-15(2,3)14(21-8-6-20-7-9-21)12-10-11(16(17,18)19)4-5-13(12)22;;/h4-5,10,14,20,22H,6-9H2,1-3H3;2*1H/t14-;;/m0../s1. The van der Waals surface area contributed by atoms with Gasteiger partial charge in [0.15, 0.2) is 0 Å². The zero-order valence-electron chi connectivity index (χ0n) is 14.0. The van der Waals surface area contributed by atoms with E-state index in [1.807, 2.05) is 20.8 Å². The highest BCUT2D eigenvalue weighted by atomic mass is 35.5. The lowest BCUT2D eigenvalue weighted by Crippen LogP contribution is -2.48. The molecular formula is C16H25Cl2F3N2O. The number of rotatable bonds is 2. The highest BCUT2D eigenvalue weighted by Gasteiger charge is 2.37. The summed E-state index contributed by atoms with van der Waals surface area (Å²) in [6.07, 6.45) is -4.41. The second-order valence-corrected chi connectivity index (χ2v) is 6.83. The van der Waals surface area contributed by atoms with Crippen LogP contribution in [0.5, 0.6) is 5.75 Å². The fourth-order valence-corrected chi connectivity index (χ4v) is 3.10. The molecule has 2 rings (SSSR count). The maximum atomic E-state index is 13.0. The van der Waals surface area contributed by atoms with Crippen LogP contribution in [-0.2, 0) is 6.18 Å². The molecule has 8 heteroatoms. The molecule has 1 aliphatic heterocycles. The zero-order chi connectivity index (χ0) is 16.5. The van der Waals surface area contributed by atoms with Crippen molar-refractivity contribution in [2.24, 2.45) is 5.41 Å². The summed E-state index contributed by atoms with van der Waals surface area (Å²) in [5.41, 5.74) is -0.659. The number of hydrogen-bond donors (Lipinski definition) is 2. The first-order chi connectivity index (χ1) is 10.1. The molecule has 1 aliphatic rings. The SMILES string of the molecule is CC(C)(C)[C@H](c1cc(C(F)(F)F)ccc1O)N1CCNCC1.Cl.Cl. The van der Waals surface area contributed by atoms with Gasteiger partial charge in [-0.15, -0.1) is 24.8 Å². The summed E-state index contributed by atoms with van der Waals surface area (Å²) in [5, 5.41) is 13.4. The fourth-order valence-electron chi connectivity index (χ4n) is 3.10. The number of phenols is 1. The smallest absolute Gasteiger partial charge is 0.416 e. The number of benzene rings is 1. The third-order valence-corrected chi connectivity index (χ3v) is 3.99. The van der Waals surface area contributed by atoms with E-state index in [1.165, 1.54) is 0 Å². The quantitative estimate of drug-likeness (QED) is 0.794. The van der Waals surface area contributed by atoms with Crippen molar-refractivity contribution in [1.29, 1.82) is 0 Å². The summed E-state index contributed by atoms with van der Waals surface area (Å²) in [7, 11) is 0. The number of aromatic hydroxyl groups is 1. The molecule has 1 heterocycles. The molecule has 1 fully saturated rings. The van der Waals surface area contributed by atoms with Crippen LogP contribution < -0.4 is 5.32 Å². The number of alkyl halides is 3. The van der Waals surface area contributed by atoms with Gasteiger partial charge in [-0.25, -0.2) is 0 Å². The minimum atomic E-state index is -4.41. The average Bonchev–Trinajstić information content (AvgIpc) is 2.39. The fraction of sp³-hybridized carbons (Fsp3) is 0.625. The van der Waals surface area contributed by atoms with E-state index in [4.69, 9.17) is 0 Å². The number of nitrogens with one attached hydrogen (secondary N) is 1. The normalized spacial score (nSPS) is 17.6. The molecule has 1 saturated heterocycles. The van der Waals surface area contributed by atoms with Gasteiger partial charge in [-0.05, 0) is 23.6 Å². The lowest BCUT2D eigenvalue weighted by Gasteiger charge is -2.43. The lowest BCUT2D eigenvalue weighted by molar-refractivity contribution is -0.137. The van der Waals surface area contributed by atoms with E-state index in [0.717, 1.165) is 44.4 Å². The van der Waals surface area contributed by atoms with E-state index in [9.17, 15) is 18.3 Å². The number of nitrogens with zero attached hydrogens (tertiary/aromatic N) is 1. The first-order valence-corrected chi connectivity index (χ1v) is 7.45. The molecule has 0 amide bonds. The van der Waals surface area contributed by atoms with E-state index < -0.39 is 11.7 Å². The van der Waals surface area contributed by atoms with Crippen molar-refractivity contribution >= 4 is 24.8 Å². The van der Waals surface area contributed by atoms with Gasteiger partial charge in [0, 0.05) is 37.8 Å². The van der Waals surface area contributed by atoms with Crippen molar-refractivity contribution in [2.45, 2.75) is 33.0 Å². The van der Waals surface area contributed by atoms with Gasteiger partial charge in [-0.2, -0.15) is 13.2 Å². The summed E-state index contributed by atoms with van der Waals surface area (Å²) in [6, 6.07) is 2.90. The predicted octanol–water partition coefficient (Wildman–Crippen LogP) is 4.25. The van der Waals surface area contributed by atoms with Crippen molar-refractivity contribution in [1.82, 2.24) is 10.2 Å². The second-order valence-electron chi connectivity index (χ2n) is 6.83. The maximum absolute atomic E-state index is 13.0. The molecule has 0 aromatic heterocycles. The third-order valence-electron chi connectivity index (χ3n) is 3.99. The molecule has 3 nitrogen and oxygen atoms in total. The zero-order valence-corrected chi connectivity index (χ0v) is 15.6. The molecule has 0 spiro atoms. The van der Waals surface area contributed by atoms with Crippen LogP contribution in [0.3, 0.4) is 0 Å². The van der Waals surface area contributed by atoms with Crippen molar-refractivity contribution in [2.75, 3.05) is 26.2 Å². The van der Waals surface area contributed by atoms with Gasteiger partial charge in [0.2, 0.25) is 0 Å². The van der Waals surface area contributed by atoms with Gasteiger partial charge < -0.3 is 10.4 Å². The Morgan fingerprint density at radius 1 is 1.08 bits per heavy atom. The average molecular weight is 389 g/mol. The molecule has 1 aromatic carbocycles. The van der Waals surface area contributed by atoms with Gasteiger partial charge in [-0.1, -0.05) is 20.8 Å². The number of halogens is 5. The second kappa shape index (κ2) is 8.61. The van der Waals surface area contributed by atoms with Gasteiger partial charge in [0.05, 0.1) is 5.56 Å². The Morgan fingerprint density at radius 2 is 1.62 bits per heavy atom. The maximum Gasteiger partial charge on any atom is 0.416 e. The van der Waals surface area contributed by atoms with Crippen LogP contribution in [0.4, 0.5) is 13.2 Å². The van der Waals surface area contributed by atoms with E-state index in [1.54, 1.807) is 0 Å². The van der Waals surface area contributed by atoms with Crippen LogP contribution in [-0.4, -0.2) is 36.2 Å². The number of hydrogen-bond acceptors (Lipinski definition) is 3. The first kappa shape index (κ1) is 23.3. The Balaban J connectivity index is 0.00000264. The molecule has 0 saturated carbocycles. The van der Waals surface area contributed by atoms with Crippen molar-refractivity contribution < 1.29 is 18.3 Å². The Morgan fingerprint density at radius 3 is 2.08 bits per heavy atom. The summed E-state index contributed by atoms with van der Waals surface area (Å²) >= 11 is 0. The summed E-state index contributed by atoms with van der Waals surface area (Å²) in [6.45, 7) is 9.05. The largest absolute Gasteiger partial charge is 0.508 e. The van der Waals surface area contributed by atoms with Crippen LogP contribution in [0.15, 0.2) is 18.2 Å². The molecule has 0 unspecified atom stereocenters. The molecule has 1 atom stereocenters. The van der Waals surface area contributed by atoms with Gasteiger partial charge in [0.25, 0.3) is 0 Å². The Labute approximate surface area is 153 Å². The molecule has 140 valence electrons. The van der Waals surface area contributed by atoms with E-state index in [-0.39, 0.29) is 42.0 Å². The Bertz CT molecular complexity index is 527. The van der Waals surface area contributed by atoms with Crippen LogP contribution >= 0.6 is 24.8 Å². The Hall–Kier alpha value is -0.690. The minimum Gasteiger partial charge on any atom is -0.508 e. The molecule has 0 bridgehead atoms. The molecular weight excluding hydrogens is 364 g/mol. The topological polar surface area (TPSA) is 35.5 Å². The highest BCUT2D eigenvalue weighted by Crippen LogP contribution is 2.43. The summed E-state index contributed by atoms with van der Waals surface area (Å²) < 4.78 is 39.0. The van der Waals surface area contributed by atoms with Crippen molar-refractivity contribution in [3.63, 3.8) is 0 Å². The molecule has 1 aromatic rings. The lowest BCUT2D eigenvalue weighted by atomic mass is 9.80. The van der Waals surface area contributed by atoms with Crippen molar-refractivity contribution in [3.05, 3.63) is 29.3 Å². The van der Waals surface area contributed by atoms with Gasteiger partial charge >= 0.3 is 6.18 Å². The first-order valence-electron chi connectivity index (χ1n) is 7.45. The van der Waals surface area contributed by atoms with Crippen LogP contribution in [0.25, 0.3) is 0 Å². The highest BCUT2D eigenvalue weighted by molar-refractivity contribution is 5.85. The van der Waals surface area contributed by atoms with Crippen LogP contribution in [0, 0.1) is 5.41 Å². The molecule has 2 N–H and O–H groups in total. The van der Waals surface area contributed by atoms with Crippen LogP contribution in [0.1, 0.15) is 37.9 Å². The van der Waals surface area contributed by atoms with E-state index >= 15 is 0 Å². The van der Waals surface area contributed by atoms with Gasteiger partial charge in [-0.3, -0.25) is 4.90 Å². The van der Waals surface area contributed by atoms with E-state index in [2.05, 4.69) is 10.2 Å². The summed E-state index contributed by atoms with van der Waals surface area (Å²) in [4.78, 5) is 2.14. The number of phenolic OH excluding ortho intramolecular Hbond substituents is 1. The third kappa shape index (κ3) is 5.41. The Kier molecular flexibility index (Phi) is 8.36. The number of piperazine rings is 1. The van der Waals surface area contributed by atoms with Crippen molar-refractivity contribution in [3.8, 4) is 5.75 Å². The molecule has 0 radical (unpaired) electrons. The molecule has 24 heavy (non-hydrogen) atoms. The van der Waals surface area contributed by atoms with Crippen LogP contribution in [0.2, 0.25) is 0 Å².